The molecular formula is C12H17NO3. The highest BCUT2D eigenvalue weighted by Crippen LogP contribution is 2.12. The van der Waals surface area contributed by atoms with Crippen molar-refractivity contribution in [2.75, 3.05) is 20.3 Å². The number of ether oxygens (including phenoxy) is 1. The summed E-state index contributed by atoms with van der Waals surface area (Å²) in [7, 11) is 1.63. The van der Waals surface area contributed by atoms with Crippen molar-refractivity contribution in [3.8, 4) is 0 Å². The highest BCUT2D eigenvalue weighted by atomic mass is 16.5. The summed E-state index contributed by atoms with van der Waals surface area (Å²) in [6.07, 6.45) is 0.118. The molecule has 1 unspecified atom stereocenters. The van der Waals surface area contributed by atoms with Crippen molar-refractivity contribution in [3.63, 3.8) is 0 Å². The van der Waals surface area contributed by atoms with E-state index in [1.54, 1.807) is 7.11 Å². The first-order chi connectivity index (χ1) is 7.74. The molecule has 16 heavy (non-hydrogen) atoms. The minimum Gasteiger partial charge on any atom is -0.481 e. The van der Waals surface area contributed by atoms with E-state index in [0.717, 1.165) is 5.56 Å². The van der Waals surface area contributed by atoms with Gasteiger partial charge in [-0.2, -0.15) is 0 Å². The maximum Gasteiger partial charge on any atom is 0.304 e. The second kappa shape index (κ2) is 6.98. The van der Waals surface area contributed by atoms with Crippen molar-refractivity contribution in [2.24, 2.45) is 0 Å². The Bertz CT molecular complexity index is 313. The molecular weight excluding hydrogens is 206 g/mol. The zero-order valence-corrected chi connectivity index (χ0v) is 9.35. The molecule has 1 rings (SSSR count). The molecule has 0 aliphatic heterocycles. The monoisotopic (exact) mass is 223 g/mol. The molecule has 0 fully saturated rings. The van der Waals surface area contributed by atoms with E-state index in [0.29, 0.717) is 13.2 Å². The smallest absolute Gasteiger partial charge is 0.304 e. The fourth-order valence-corrected chi connectivity index (χ4v) is 1.48. The second-order valence-electron chi connectivity index (χ2n) is 3.52. The summed E-state index contributed by atoms with van der Waals surface area (Å²) in [5.74, 6) is -0.795. The van der Waals surface area contributed by atoms with Crippen molar-refractivity contribution in [1.82, 2.24) is 5.32 Å². The van der Waals surface area contributed by atoms with Gasteiger partial charge in [-0.05, 0) is 5.56 Å². The number of hydrogen-bond acceptors (Lipinski definition) is 3. The summed E-state index contributed by atoms with van der Waals surface area (Å²) in [5.41, 5.74) is 1.11. The Balaban J connectivity index is 2.51. The molecule has 1 atom stereocenters. The topological polar surface area (TPSA) is 58.6 Å². The predicted octanol–water partition coefficient (Wildman–Crippen LogP) is 1.44. The summed E-state index contributed by atoms with van der Waals surface area (Å²) < 4.78 is 5.11. The van der Waals surface area contributed by atoms with Gasteiger partial charge in [0.05, 0.1) is 19.1 Å². The van der Waals surface area contributed by atoms with Gasteiger partial charge in [0.25, 0.3) is 0 Å². The highest BCUT2D eigenvalue weighted by Gasteiger charge is 2.10. The molecule has 4 heteroatoms. The third-order valence-corrected chi connectivity index (χ3v) is 2.26. The Morgan fingerprint density at radius 2 is 2.12 bits per heavy atom. The fraction of sp³-hybridized carbons (Fsp3) is 0.417. The molecule has 0 bridgehead atoms. The third-order valence-electron chi connectivity index (χ3n) is 2.26. The molecule has 0 saturated heterocycles. The van der Waals surface area contributed by atoms with Crippen LogP contribution in [0.25, 0.3) is 0 Å². The molecule has 0 spiro atoms. The van der Waals surface area contributed by atoms with Crippen molar-refractivity contribution < 1.29 is 14.6 Å². The van der Waals surface area contributed by atoms with Crippen LogP contribution in [0, 0.1) is 0 Å². The Morgan fingerprint density at radius 1 is 1.44 bits per heavy atom. The van der Waals surface area contributed by atoms with Gasteiger partial charge in [0, 0.05) is 13.7 Å². The number of hydrogen-bond donors (Lipinski definition) is 2. The van der Waals surface area contributed by atoms with Crippen molar-refractivity contribution in [1.29, 1.82) is 0 Å². The lowest BCUT2D eigenvalue weighted by Crippen LogP contribution is -2.27. The first-order valence-corrected chi connectivity index (χ1v) is 5.23. The van der Waals surface area contributed by atoms with Crippen LogP contribution in [-0.2, 0) is 9.53 Å². The largest absolute Gasteiger partial charge is 0.481 e. The van der Waals surface area contributed by atoms with E-state index in [4.69, 9.17) is 9.84 Å². The first kappa shape index (κ1) is 12.7. The molecule has 2 N–H and O–H groups in total. The van der Waals surface area contributed by atoms with Gasteiger partial charge < -0.3 is 15.2 Å². The fourth-order valence-electron chi connectivity index (χ4n) is 1.48. The molecule has 0 aromatic heterocycles. The van der Waals surface area contributed by atoms with Crippen molar-refractivity contribution >= 4 is 5.97 Å². The number of aliphatic carboxylic acids is 1. The van der Waals surface area contributed by atoms with Crippen LogP contribution in [0.3, 0.4) is 0 Å². The number of carboxylic acids is 1. The van der Waals surface area contributed by atoms with Crippen LogP contribution in [0.15, 0.2) is 30.3 Å². The van der Waals surface area contributed by atoms with E-state index in [9.17, 15) is 4.79 Å². The van der Waals surface area contributed by atoms with Crippen LogP contribution in [0.2, 0.25) is 0 Å². The van der Waals surface area contributed by atoms with Gasteiger partial charge in [0.1, 0.15) is 0 Å². The van der Waals surface area contributed by atoms with Gasteiger partial charge in [0.15, 0.2) is 0 Å². The molecule has 0 radical (unpaired) electrons. The van der Waals surface area contributed by atoms with E-state index in [1.165, 1.54) is 0 Å². The van der Waals surface area contributed by atoms with Gasteiger partial charge in [-0.15, -0.1) is 0 Å². The van der Waals surface area contributed by atoms with E-state index >= 15 is 0 Å². The predicted molar refractivity (Wildman–Crippen MR) is 61.3 cm³/mol. The maximum atomic E-state index is 10.4. The van der Waals surface area contributed by atoms with Crippen LogP contribution >= 0.6 is 0 Å². The van der Waals surface area contributed by atoms with E-state index in [2.05, 4.69) is 5.32 Å². The lowest BCUT2D eigenvalue weighted by atomic mass is 10.1. The van der Waals surface area contributed by atoms with Gasteiger partial charge in [-0.1, -0.05) is 30.3 Å². The van der Waals surface area contributed by atoms with E-state index in [-0.39, 0.29) is 12.5 Å². The Hall–Kier alpha value is -1.39. The minimum atomic E-state index is -0.795. The van der Waals surface area contributed by atoms with Gasteiger partial charge in [-0.25, -0.2) is 0 Å². The molecule has 0 aliphatic rings. The van der Waals surface area contributed by atoms with E-state index in [1.807, 2.05) is 30.3 Å². The van der Waals surface area contributed by atoms with Crippen LogP contribution in [0.5, 0.6) is 0 Å². The van der Waals surface area contributed by atoms with Crippen LogP contribution in [-0.4, -0.2) is 31.3 Å². The molecule has 88 valence electrons. The summed E-state index contributed by atoms with van der Waals surface area (Å²) in [6, 6.07) is 9.90. The average molecular weight is 223 g/mol. The molecule has 1 aromatic rings. The average Bonchev–Trinajstić information content (AvgIpc) is 2.29. The SMILES string of the molecule is COCC(NCCC(=O)O)c1ccccc1. The second-order valence-corrected chi connectivity index (χ2v) is 3.52. The Labute approximate surface area is 95.2 Å². The Morgan fingerprint density at radius 3 is 2.69 bits per heavy atom. The number of benzene rings is 1. The lowest BCUT2D eigenvalue weighted by Gasteiger charge is -2.17. The summed E-state index contributed by atoms with van der Waals surface area (Å²) >= 11 is 0. The summed E-state index contributed by atoms with van der Waals surface area (Å²) in [4.78, 5) is 10.4. The zero-order valence-electron chi connectivity index (χ0n) is 9.35. The Kier molecular flexibility index (Phi) is 5.53. The molecule has 1 aromatic carbocycles. The molecule has 0 amide bonds. The first-order valence-electron chi connectivity index (χ1n) is 5.23. The number of methoxy groups -OCH3 is 1. The number of carboxylic acid groups (broad SMARTS) is 1. The number of carbonyl (C=O) groups is 1. The summed E-state index contributed by atoms with van der Waals surface area (Å²) in [5, 5.41) is 11.7. The molecule has 4 nitrogen and oxygen atoms in total. The third kappa shape index (κ3) is 4.42. The quantitative estimate of drug-likeness (QED) is 0.734. The highest BCUT2D eigenvalue weighted by molar-refractivity contribution is 5.66. The summed E-state index contributed by atoms with van der Waals surface area (Å²) in [6.45, 7) is 0.974. The molecule has 0 saturated carbocycles. The van der Waals surface area contributed by atoms with Gasteiger partial charge >= 0.3 is 5.97 Å². The maximum absolute atomic E-state index is 10.4. The normalized spacial score (nSPS) is 12.3. The van der Waals surface area contributed by atoms with E-state index < -0.39 is 5.97 Å². The van der Waals surface area contributed by atoms with Crippen LogP contribution < -0.4 is 5.32 Å². The number of nitrogens with one attached hydrogen (secondary N) is 1. The minimum absolute atomic E-state index is 0.0468. The lowest BCUT2D eigenvalue weighted by molar-refractivity contribution is -0.136. The van der Waals surface area contributed by atoms with Gasteiger partial charge in [-0.3, -0.25) is 4.79 Å². The number of rotatable bonds is 7. The van der Waals surface area contributed by atoms with Gasteiger partial charge in [0.2, 0.25) is 0 Å². The van der Waals surface area contributed by atoms with Crippen LogP contribution in [0.4, 0.5) is 0 Å². The molecule has 0 aliphatic carbocycles. The zero-order chi connectivity index (χ0) is 11.8. The standard InChI is InChI=1S/C12H17NO3/c1-16-9-11(13-8-7-12(14)15)10-5-3-2-4-6-10/h2-6,11,13H,7-9H2,1H3,(H,14,15). The molecule has 0 heterocycles. The van der Waals surface area contributed by atoms with Crippen molar-refractivity contribution in [3.05, 3.63) is 35.9 Å². The van der Waals surface area contributed by atoms with Crippen LogP contribution in [0.1, 0.15) is 18.0 Å². The van der Waals surface area contributed by atoms with Crippen molar-refractivity contribution in [2.45, 2.75) is 12.5 Å².